The van der Waals surface area contributed by atoms with Crippen molar-refractivity contribution >= 4 is 23.5 Å². The molecule has 0 fully saturated rings. The Balaban J connectivity index is 2.94. The minimum Gasteiger partial charge on any atom is -0.477 e. The van der Waals surface area contributed by atoms with Gasteiger partial charge < -0.3 is 14.6 Å². The topological polar surface area (TPSA) is 85.7 Å². The summed E-state index contributed by atoms with van der Waals surface area (Å²) >= 11 is 5.87. The molecule has 0 aromatic carbocycles. The molecule has 7 heteroatoms. The normalized spacial score (nSPS) is 11.9. The highest BCUT2D eigenvalue weighted by Gasteiger charge is 2.35. The van der Waals surface area contributed by atoms with Crippen molar-refractivity contribution in [2.75, 3.05) is 0 Å². The zero-order valence-corrected chi connectivity index (χ0v) is 13.3. The molecule has 116 valence electrons. The molecule has 0 saturated carbocycles. The number of aromatic nitrogens is 1. The summed E-state index contributed by atoms with van der Waals surface area (Å²) in [6, 6.07) is 2.60. The summed E-state index contributed by atoms with van der Waals surface area (Å²) in [6.45, 7) is 8.30. The average Bonchev–Trinajstić information content (AvgIpc) is 2.29. The van der Waals surface area contributed by atoms with E-state index in [-0.39, 0.29) is 16.6 Å². The third-order valence-electron chi connectivity index (χ3n) is 2.29. The molecule has 0 aliphatic rings. The number of rotatable bonds is 4. The van der Waals surface area contributed by atoms with Crippen LogP contribution in [0.2, 0.25) is 5.15 Å². The molecule has 0 radical (unpaired) electrons. The summed E-state index contributed by atoms with van der Waals surface area (Å²) in [5, 5.41) is 8.68. The second-order valence-electron chi connectivity index (χ2n) is 5.90. The minimum absolute atomic E-state index is 0.109. The lowest BCUT2D eigenvalue weighted by Crippen LogP contribution is -2.43. The first-order valence-electron chi connectivity index (χ1n) is 6.25. The molecule has 1 aromatic heterocycles. The monoisotopic (exact) mass is 315 g/mol. The van der Waals surface area contributed by atoms with Crippen LogP contribution in [0.4, 0.5) is 0 Å². The smallest absolute Gasteiger partial charge is 0.354 e. The first-order chi connectivity index (χ1) is 9.42. The quantitative estimate of drug-likeness (QED) is 0.679. The van der Waals surface area contributed by atoms with Gasteiger partial charge in [0.1, 0.15) is 11.3 Å². The Labute approximate surface area is 128 Å². The number of carboxylic acid groups (broad SMARTS) is 1. The minimum atomic E-state index is -1.29. The molecule has 0 amide bonds. The number of esters is 1. The first-order valence-corrected chi connectivity index (χ1v) is 6.62. The Morgan fingerprint density at radius 2 is 1.76 bits per heavy atom. The van der Waals surface area contributed by atoms with E-state index in [2.05, 4.69) is 4.98 Å². The van der Waals surface area contributed by atoms with Gasteiger partial charge in [0, 0.05) is 0 Å². The summed E-state index contributed by atoms with van der Waals surface area (Å²) in [5.74, 6) is -1.65. The van der Waals surface area contributed by atoms with Crippen molar-refractivity contribution in [2.24, 2.45) is 0 Å². The van der Waals surface area contributed by atoms with Gasteiger partial charge in [0.2, 0.25) is 0 Å². The maximum absolute atomic E-state index is 12.1. The fourth-order valence-corrected chi connectivity index (χ4v) is 1.53. The zero-order valence-electron chi connectivity index (χ0n) is 12.6. The van der Waals surface area contributed by atoms with Crippen LogP contribution in [0, 0.1) is 0 Å². The summed E-state index contributed by atoms with van der Waals surface area (Å²) in [6.07, 6.45) is 0. The lowest BCUT2D eigenvalue weighted by atomic mass is 10.1. The van der Waals surface area contributed by atoms with Gasteiger partial charge in [-0.2, -0.15) is 0 Å². The Hall–Kier alpha value is -1.82. The molecule has 0 spiro atoms. The number of ether oxygens (including phenoxy) is 2. The molecule has 0 saturated heterocycles. The average molecular weight is 316 g/mol. The number of hydrogen-bond donors (Lipinski definition) is 1. The van der Waals surface area contributed by atoms with Crippen LogP contribution in [0.1, 0.15) is 45.1 Å². The van der Waals surface area contributed by atoms with Crippen LogP contribution in [-0.2, 0) is 9.53 Å². The van der Waals surface area contributed by atoms with Gasteiger partial charge in [0.15, 0.2) is 16.5 Å². The Kier molecular flexibility index (Phi) is 4.83. The SMILES string of the molecule is CC(C)(C)OC(=O)C(C)(C)Oc1ccc(C(=O)O)nc1Cl. The van der Waals surface area contributed by atoms with Crippen LogP contribution in [0.5, 0.6) is 5.75 Å². The van der Waals surface area contributed by atoms with Gasteiger partial charge >= 0.3 is 11.9 Å². The third-order valence-corrected chi connectivity index (χ3v) is 2.56. The predicted molar refractivity (Wildman–Crippen MR) is 76.8 cm³/mol. The van der Waals surface area contributed by atoms with Gasteiger partial charge in [0.25, 0.3) is 0 Å². The van der Waals surface area contributed by atoms with Crippen molar-refractivity contribution in [3.8, 4) is 5.75 Å². The van der Waals surface area contributed by atoms with E-state index >= 15 is 0 Å². The van der Waals surface area contributed by atoms with Crippen LogP contribution in [0.15, 0.2) is 12.1 Å². The Morgan fingerprint density at radius 3 is 2.19 bits per heavy atom. The number of carbonyl (C=O) groups is 2. The lowest BCUT2D eigenvalue weighted by Gasteiger charge is -2.29. The standard InChI is InChI=1S/C14H18ClNO5/c1-13(2,3)21-12(19)14(4,5)20-9-7-6-8(11(17)18)16-10(9)15/h6-7H,1-5H3,(H,17,18). The van der Waals surface area contributed by atoms with Crippen molar-refractivity contribution < 1.29 is 24.2 Å². The van der Waals surface area contributed by atoms with E-state index in [1.165, 1.54) is 26.0 Å². The first kappa shape index (κ1) is 17.2. The van der Waals surface area contributed by atoms with Crippen LogP contribution in [0.3, 0.4) is 0 Å². The molecule has 1 aromatic rings. The zero-order chi connectivity index (χ0) is 16.4. The number of pyridine rings is 1. The highest BCUT2D eigenvalue weighted by atomic mass is 35.5. The Bertz CT molecular complexity index is 563. The third kappa shape index (κ3) is 4.90. The number of hydrogen-bond acceptors (Lipinski definition) is 5. The molecule has 1 heterocycles. The summed E-state index contributed by atoms with van der Waals surface area (Å²) in [4.78, 5) is 26.5. The van der Waals surface area contributed by atoms with Gasteiger partial charge in [-0.3, -0.25) is 0 Å². The van der Waals surface area contributed by atoms with E-state index in [1.807, 2.05) is 0 Å². The van der Waals surface area contributed by atoms with Gasteiger partial charge in [-0.15, -0.1) is 0 Å². The van der Waals surface area contributed by atoms with E-state index in [1.54, 1.807) is 20.8 Å². The van der Waals surface area contributed by atoms with E-state index in [9.17, 15) is 9.59 Å². The molecular formula is C14H18ClNO5. The molecule has 0 unspecified atom stereocenters. The summed E-state index contributed by atoms with van der Waals surface area (Å²) in [7, 11) is 0. The van der Waals surface area contributed by atoms with E-state index < -0.39 is 23.1 Å². The summed E-state index contributed by atoms with van der Waals surface area (Å²) in [5.41, 5.74) is -2.14. The molecule has 21 heavy (non-hydrogen) atoms. The molecule has 6 nitrogen and oxygen atoms in total. The molecule has 1 rings (SSSR count). The molecule has 0 aliphatic carbocycles. The number of halogens is 1. The largest absolute Gasteiger partial charge is 0.477 e. The van der Waals surface area contributed by atoms with Crippen molar-refractivity contribution in [1.29, 1.82) is 0 Å². The fraction of sp³-hybridized carbons (Fsp3) is 0.500. The molecular weight excluding hydrogens is 298 g/mol. The Morgan fingerprint density at radius 1 is 1.19 bits per heavy atom. The van der Waals surface area contributed by atoms with Crippen LogP contribution in [-0.4, -0.2) is 33.2 Å². The van der Waals surface area contributed by atoms with Gasteiger partial charge in [-0.1, -0.05) is 11.6 Å². The molecule has 0 bridgehead atoms. The number of carbonyl (C=O) groups excluding carboxylic acids is 1. The van der Waals surface area contributed by atoms with Crippen LogP contribution in [0.25, 0.3) is 0 Å². The van der Waals surface area contributed by atoms with Crippen molar-refractivity contribution in [3.05, 3.63) is 23.0 Å². The molecule has 0 aliphatic heterocycles. The van der Waals surface area contributed by atoms with Gasteiger partial charge in [-0.25, -0.2) is 14.6 Å². The van der Waals surface area contributed by atoms with Crippen molar-refractivity contribution in [1.82, 2.24) is 4.98 Å². The number of aromatic carboxylic acids is 1. The number of carboxylic acids is 1. The maximum atomic E-state index is 12.1. The van der Waals surface area contributed by atoms with Crippen molar-refractivity contribution in [3.63, 3.8) is 0 Å². The van der Waals surface area contributed by atoms with Gasteiger partial charge in [0.05, 0.1) is 0 Å². The second-order valence-corrected chi connectivity index (χ2v) is 6.26. The highest BCUT2D eigenvalue weighted by Crippen LogP contribution is 2.27. The predicted octanol–water partition coefficient (Wildman–Crippen LogP) is 2.93. The summed E-state index contributed by atoms with van der Waals surface area (Å²) < 4.78 is 10.8. The lowest BCUT2D eigenvalue weighted by molar-refractivity contribution is -0.170. The van der Waals surface area contributed by atoms with E-state index in [4.69, 9.17) is 26.2 Å². The molecule has 0 atom stereocenters. The number of nitrogens with zero attached hydrogens (tertiary/aromatic N) is 1. The second kappa shape index (κ2) is 5.89. The van der Waals surface area contributed by atoms with Crippen molar-refractivity contribution in [2.45, 2.75) is 45.8 Å². The van der Waals surface area contributed by atoms with Crippen LogP contribution >= 0.6 is 11.6 Å². The van der Waals surface area contributed by atoms with E-state index in [0.717, 1.165) is 0 Å². The van der Waals surface area contributed by atoms with Crippen LogP contribution < -0.4 is 4.74 Å². The van der Waals surface area contributed by atoms with Gasteiger partial charge in [-0.05, 0) is 46.8 Å². The fourth-order valence-electron chi connectivity index (χ4n) is 1.33. The highest BCUT2D eigenvalue weighted by molar-refractivity contribution is 6.31. The maximum Gasteiger partial charge on any atom is 0.354 e. The van der Waals surface area contributed by atoms with E-state index in [0.29, 0.717) is 0 Å². The molecule has 1 N–H and O–H groups in total.